The molecule has 0 aliphatic heterocycles. The highest BCUT2D eigenvalue weighted by molar-refractivity contribution is 9.09. The summed E-state index contributed by atoms with van der Waals surface area (Å²) in [5.41, 5.74) is 2.37. The Morgan fingerprint density at radius 3 is 2.85 bits per heavy atom. The van der Waals surface area contributed by atoms with Gasteiger partial charge in [-0.05, 0) is 19.1 Å². The number of alkyl halides is 1. The van der Waals surface area contributed by atoms with Crippen molar-refractivity contribution in [3.63, 3.8) is 0 Å². The lowest BCUT2D eigenvalue weighted by Gasteiger charge is -2.04. The predicted octanol–water partition coefficient (Wildman–Crippen LogP) is 3.41. The number of allylic oxidation sites excluding steroid dienone is 1. The minimum Gasteiger partial charge on any atom is -0.496 e. The van der Waals surface area contributed by atoms with E-state index in [4.69, 9.17) is 4.74 Å². The van der Waals surface area contributed by atoms with Crippen LogP contribution < -0.4 is 4.74 Å². The van der Waals surface area contributed by atoms with Crippen molar-refractivity contribution in [2.75, 3.05) is 12.4 Å². The van der Waals surface area contributed by atoms with Crippen molar-refractivity contribution in [1.29, 1.82) is 0 Å². The van der Waals surface area contributed by atoms with Crippen LogP contribution in [0.2, 0.25) is 0 Å². The van der Waals surface area contributed by atoms with Gasteiger partial charge in [0.05, 0.1) is 7.11 Å². The molecule has 1 aromatic carbocycles. The predicted molar refractivity (Wildman–Crippen MR) is 60.6 cm³/mol. The molecule has 70 valence electrons. The van der Waals surface area contributed by atoms with Gasteiger partial charge in [0.25, 0.3) is 0 Å². The van der Waals surface area contributed by atoms with Crippen LogP contribution >= 0.6 is 15.9 Å². The van der Waals surface area contributed by atoms with Crippen LogP contribution in [-0.4, -0.2) is 12.4 Å². The third-order valence-electron chi connectivity index (χ3n) is 1.77. The molecule has 0 amide bonds. The molecule has 0 spiro atoms. The zero-order valence-corrected chi connectivity index (χ0v) is 9.47. The number of methoxy groups -OCH3 is 1. The zero-order valence-electron chi connectivity index (χ0n) is 7.88. The fourth-order valence-corrected chi connectivity index (χ4v) is 1.34. The van der Waals surface area contributed by atoms with Crippen molar-refractivity contribution in [2.45, 2.75) is 6.92 Å². The zero-order chi connectivity index (χ0) is 9.68. The van der Waals surface area contributed by atoms with Gasteiger partial charge in [-0.25, -0.2) is 0 Å². The molecule has 0 aromatic heterocycles. The van der Waals surface area contributed by atoms with E-state index in [1.807, 2.05) is 12.1 Å². The van der Waals surface area contributed by atoms with Gasteiger partial charge in [0.15, 0.2) is 0 Å². The van der Waals surface area contributed by atoms with E-state index in [2.05, 4.69) is 41.1 Å². The molecule has 0 atom stereocenters. The summed E-state index contributed by atoms with van der Waals surface area (Å²) < 4.78 is 5.23. The van der Waals surface area contributed by atoms with Gasteiger partial charge in [-0.1, -0.05) is 39.7 Å². The van der Waals surface area contributed by atoms with Crippen molar-refractivity contribution in [3.05, 3.63) is 35.4 Å². The standard InChI is InChI=1S/C11H13BrO/c1-9-5-6-11(13-2)10(8-9)4-3-7-12/h3-6,8H,7H2,1-2H3. The average Bonchev–Trinajstić information content (AvgIpc) is 2.15. The summed E-state index contributed by atoms with van der Waals surface area (Å²) in [6, 6.07) is 6.14. The van der Waals surface area contributed by atoms with Gasteiger partial charge in [-0.15, -0.1) is 0 Å². The Balaban J connectivity index is 3.01. The molecule has 13 heavy (non-hydrogen) atoms. The van der Waals surface area contributed by atoms with Crippen LogP contribution in [-0.2, 0) is 0 Å². The molecule has 0 aliphatic rings. The molecule has 1 rings (SSSR count). The lowest BCUT2D eigenvalue weighted by molar-refractivity contribution is 0.413. The van der Waals surface area contributed by atoms with Crippen molar-refractivity contribution in [3.8, 4) is 5.75 Å². The number of halogens is 1. The fourth-order valence-electron chi connectivity index (χ4n) is 1.16. The second-order valence-electron chi connectivity index (χ2n) is 2.80. The highest BCUT2D eigenvalue weighted by Gasteiger charge is 1.97. The van der Waals surface area contributed by atoms with E-state index in [1.54, 1.807) is 7.11 Å². The Morgan fingerprint density at radius 1 is 1.46 bits per heavy atom. The summed E-state index contributed by atoms with van der Waals surface area (Å²) in [7, 11) is 1.69. The second-order valence-corrected chi connectivity index (χ2v) is 3.45. The van der Waals surface area contributed by atoms with E-state index in [1.165, 1.54) is 5.56 Å². The number of ether oxygens (including phenoxy) is 1. The van der Waals surface area contributed by atoms with E-state index in [0.29, 0.717) is 0 Å². The maximum absolute atomic E-state index is 5.23. The Bertz CT molecular complexity index is 305. The Kier molecular flexibility index (Phi) is 4.03. The normalized spacial score (nSPS) is 10.7. The first-order valence-corrected chi connectivity index (χ1v) is 5.27. The molecular weight excluding hydrogens is 228 g/mol. The smallest absolute Gasteiger partial charge is 0.126 e. The van der Waals surface area contributed by atoms with Gasteiger partial charge < -0.3 is 4.74 Å². The number of hydrogen-bond acceptors (Lipinski definition) is 1. The third-order valence-corrected chi connectivity index (χ3v) is 2.15. The van der Waals surface area contributed by atoms with Gasteiger partial charge in [-0.2, -0.15) is 0 Å². The number of hydrogen-bond donors (Lipinski definition) is 0. The number of rotatable bonds is 3. The third kappa shape index (κ3) is 2.88. The highest BCUT2D eigenvalue weighted by atomic mass is 79.9. The quantitative estimate of drug-likeness (QED) is 0.737. The largest absolute Gasteiger partial charge is 0.496 e. The van der Waals surface area contributed by atoms with Crippen LogP contribution in [0.15, 0.2) is 24.3 Å². The molecule has 1 aromatic rings. The molecule has 0 bridgehead atoms. The van der Waals surface area contributed by atoms with E-state index in [9.17, 15) is 0 Å². The molecule has 0 saturated carbocycles. The van der Waals surface area contributed by atoms with E-state index < -0.39 is 0 Å². The summed E-state index contributed by atoms with van der Waals surface area (Å²) in [4.78, 5) is 0. The minimum atomic E-state index is 0.865. The van der Waals surface area contributed by atoms with Gasteiger partial charge in [0, 0.05) is 10.9 Å². The van der Waals surface area contributed by atoms with Crippen LogP contribution in [0.5, 0.6) is 5.75 Å². The molecular formula is C11H13BrO. The van der Waals surface area contributed by atoms with Crippen LogP contribution in [0.1, 0.15) is 11.1 Å². The maximum atomic E-state index is 5.23. The number of aryl methyl sites for hydroxylation is 1. The topological polar surface area (TPSA) is 9.23 Å². The van der Waals surface area contributed by atoms with Crippen molar-refractivity contribution in [2.24, 2.45) is 0 Å². The van der Waals surface area contributed by atoms with Crippen molar-refractivity contribution < 1.29 is 4.74 Å². The van der Waals surface area contributed by atoms with E-state index in [0.717, 1.165) is 16.6 Å². The molecule has 0 aliphatic carbocycles. The molecule has 0 fully saturated rings. The van der Waals surface area contributed by atoms with Crippen molar-refractivity contribution in [1.82, 2.24) is 0 Å². The lowest BCUT2D eigenvalue weighted by atomic mass is 10.1. The first-order valence-electron chi connectivity index (χ1n) is 4.15. The van der Waals surface area contributed by atoms with Crippen LogP contribution in [0, 0.1) is 6.92 Å². The molecule has 2 heteroatoms. The van der Waals surface area contributed by atoms with Gasteiger partial charge in [0.1, 0.15) is 5.75 Å². The summed E-state index contributed by atoms with van der Waals surface area (Å²) in [6.45, 7) is 2.07. The molecule has 0 heterocycles. The molecule has 0 N–H and O–H groups in total. The Hall–Kier alpha value is -0.760. The van der Waals surface area contributed by atoms with Crippen LogP contribution in [0.25, 0.3) is 6.08 Å². The first kappa shape index (κ1) is 10.3. The Labute approximate surface area is 87.5 Å². The minimum absolute atomic E-state index is 0.865. The lowest BCUT2D eigenvalue weighted by Crippen LogP contribution is -1.87. The second kappa shape index (κ2) is 5.07. The van der Waals surface area contributed by atoms with Gasteiger partial charge >= 0.3 is 0 Å². The first-order chi connectivity index (χ1) is 6.27. The summed E-state index contributed by atoms with van der Waals surface area (Å²) in [6.07, 6.45) is 4.11. The molecule has 0 saturated heterocycles. The summed E-state index contributed by atoms with van der Waals surface area (Å²) in [5.74, 6) is 0.919. The molecule has 0 unspecified atom stereocenters. The number of benzene rings is 1. The monoisotopic (exact) mass is 240 g/mol. The van der Waals surface area contributed by atoms with Gasteiger partial charge in [0.2, 0.25) is 0 Å². The molecule has 1 nitrogen and oxygen atoms in total. The van der Waals surface area contributed by atoms with Crippen molar-refractivity contribution >= 4 is 22.0 Å². The molecule has 0 radical (unpaired) electrons. The average molecular weight is 241 g/mol. The van der Waals surface area contributed by atoms with Crippen LogP contribution in [0.4, 0.5) is 0 Å². The van der Waals surface area contributed by atoms with E-state index in [-0.39, 0.29) is 0 Å². The summed E-state index contributed by atoms with van der Waals surface area (Å²) >= 11 is 3.34. The maximum Gasteiger partial charge on any atom is 0.126 e. The SMILES string of the molecule is COc1ccc(C)cc1C=CCBr. The highest BCUT2D eigenvalue weighted by Crippen LogP contribution is 2.20. The Morgan fingerprint density at radius 2 is 2.23 bits per heavy atom. The van der Waals surface area contributed by atoms with Crippen LogP contribution in [0.3, 0.4) is 0 Å². The summed E-state index contributed by atoms with van der Waals surface area (Å²) in [5, 5.41) is 0.865. The van der Waals surface area contributed by atoms with Gasteiger partial charge in [-0.3, -0.25) is 0 Å². The van der Waals surface area contributed by atoms with E-state index >= 15 is 0 Å². The fraction of sp³-hybridized carbons (Fsp3) is 0.273.